The second-order valence-corrected chi connectivity index (χ2v) is 4.57. The van der Waals surface area contributed by atoms with E-state index in [1.54, 1.807) is 0 Å². The van der Waals surface area contributed by atoms with Gasteiger partial charge in [0.05, 0.1) is 5.56 Å². The number of hydrogen-bond acceptors (Lipinski definition) is 3. The molecular weight excluding hydrogens is 271 g/mol. The minimum atomic E-state index is -4.50. The van der Waals surface area contributed by atoms with Gasteiger partial charge < -0.3 is 15.5 Å². The number of likely N-dealkylation sites (N-methyl/N-ethyl adjacent to an activating group) is 1. The Labute approximate surface area is 116 Å². The molecule has 0 aliphatic carbocycles. The van der Waals surface area contributed by atoms with Gasteiger partial charge >= 0.3 is 6.18 Å². The van der Waals surface area contributed by atoms with Crippen LogP contribution in [0.1, 0.15) is 15.9 Å². The number of nitrogens with one attached hydrogen (secondary N) is 2. The van der Waals surface area contributed by atoms with E-state index >= 15 is 0 Å². The van der Waals surface area contributed by atoms with Crippen molar-refractivity contribution in [3.8, 4) is 0 Å². The van der Waals surface area contributed by atoms with Gasteiger partial charge in [-0.05, 0) is 32.3 Å². The fraction of sp³-hybridized carbons (Fsp3) is 0.462. The monoisotopic (exact) mass is 289 g/mol. The van der Waals surface area contributed by atoms with E-state index in [4.69, 9.17) is 0 Å². The molecule has 1 rings (SSSR count). The van der Waals surface area contributed by atoms with Crippen LogP contribution in [0.3, 0.4) is 0 Å². The quantitative estimate of drug-likeness (QED) is 0.872. The van der Waals surface area contributed by atoms with Gasteiger partial charge in [-0.25, -0.2) is 0 Å². The fourth-order valence-corrected chi connectivity index (χ4v) is 1.63. The number of benzene rings is 1. The minimum Gasteiger partial charge on any atom is -0.388 e. The molecule has 0 heterocycles. The van der Waals surface area contributed by atoms with E-state index in [9.17, 15) is 18.0 Å². The van der Waals surface area contributed by atoms with Crippen molar-refractivity contribution in [3.05, 3.63) is 29.3 Å². The Bertz CT molecular complexity index is 472. The summed E-state index contributed by atoms with van der Waals surface area (Å²) in [7, 11) is 5.09. The Hall–Kier alpha value is -1.76. The van der Waals surface area contributed by atoms with Gasteiger partial charge in [-0.3, -0.25) is 4.79 Å². The number of anilines is 1. The summed E-state index contributed by atoms with van der Waals surface area (Å²) in [6.07, 6.45) is -4.50. The zero-order valence-electron chi connectivity index (χ0n) is 11.6. The van der Waals surface area contributed by atoms with Crippen LogP contribution in [0.2, 0.25) is 0 Å². The van der Waals surface area contributed by atoms with Gasteiger partial charge in [0.2, 0.25) is 0 Å². The molecule has 0 aromatic heterocycles. The fourth-order valence-electron chi connectivity index (χ4n) is 1.63. The lowest BCUT2D eigenvalue weighted by atomic mass is 10.1. The average molecular weight is 289 g/mol. The molecule has 4 nitrogen and oxygen atoms in total. The molecule has 0 saturated heterocycles. The summed E-state index contributed by atoms with van der Waals surface area (Å²) in [4.78, 5) is 13.7. The van der Waals surface area contributed by atoms with Crippen LogP contribution in [0.5, 0.6) is 0 Å². The van der Waals surface area contributed by atoms with Crippen molar-refractivity contribution in [2.45, 2.75) is 6.18 Å². The van der Waals surface area contributed by atoms with Crippen LogP contribution in [0.4, 0.5) is 18.9 Å². The van der Waals surface area contributed by atoms with Gasteiger partial charge in [-0.15, -0.1) is 0 Å². The first-order valence-corrected chi connectivity index (χ1v) is 6.07. The van der Waals surface area contributed by atoms with E-state index < -0.39 is 17.6 Å². The maximum atomic E-state index is 12.9. The van der Waals surface area contributed by atoms with Crippen molar-refractivity contribution >= 4 is 11.6 Å². The molecule has 2 N–H and O–H groups in total. The minimum absolute atomic E-state index is 0.00455. The number of amides is 1. The second kappa shape index (κ2) is 6.60. The molecule has 0 bridgehead atoms. The first-order valence-electron chi connectivity index (χ1n) is 6.07. The average Bonchev–Trinajstić information content (AvgIpc) is 2.36. The molecule has 0 aliphatic heterocycles. The molecule has 0 atom stereocenters. The zero-order chi connectivity index (χ0) is 15.3. The normalized spacial score (nSPS) is 11.6. The molecule has 0 spiro atoms. The number of alkyl halides is 3. The first kappa shape index (κ1) is 16.3. The highest BCUT2D eigenvalue weighted by Crippen LogP contribution is 2.35. The smallest absolute Gasteiger partial charge is 0.388 e. The maximum Gasteiger partial charge on any atom is 0.418 e. The SMILES string of the molecule is CNc1ccc(C(=O)NCCN(C)C)cc1C(F)(F)F. The molecule has 1 aromatic rings. The molecule has 0 aliphatic rings. The number of halogens is 3. The largest absolute Gasteiger partial charge is 0.418 e. The van der Waals surface area contributed by atoms with Crippen molar-refractivity contribution in [1.29, 1.82) is 0 Å². The molecular formula is C13H18F3N3O. The highest BCUT2D eigenvalue weighted by atomic mass is 19.4. The van der Waals surface area contributed by atoms with E-state index in [1.165, 1.54) is 19.2 Å². The number of nitrogens with zero attached hydrogens (tertiary/aromatic N) is 1. The maximum absolute atomic E-state index is 12.9. The van der Waals surface area contributed by atoms with Gasteiger partial charge in [0.1, 0.15) is 0 Å². The second-order valence-electron chi connectivity index (χ2n) is 4.57. The third-order valence-electron chi connectivity index (χ3n) is 2.70. The molecule has 112 valence electrons. The predicted molar refractivity (Wildman–Crippen MR) is 71.9 cm³/mol. The molecule has 20 heavy (non-hydrogen) atoms. The lowest BCUT2D eigenvalue weighted by Crippen LogP contribution is -2.31. The summed E-state index contributed by atoms with van der Waals surface area (Å²) >= 11 is 0. The number of carbonyl (C=O) groups is 1. The molecule has 1 amide bonds. The predicted octanol–water partition coefficient (Wildman–Crippen LogP) is 2.04. The molecule has 1 aromatic carbocycles. The Balaban J connectivity index is 2.89. The summed E-state index contributed by atoms with van der Waals surface area (Å²) in [6, 6.07) is 3.48. The van der Waals surface area contributed by atoms with E-state index in [0.717, 1.165) is 6.07 Å². The van der Waals surface area contributed by atoms with Crippen molar-refractivity contribution in [2.24, 2.45) is 0 Å². The Kier molecular flexibility index (Phi) is 5.38. The standard InChI is InChI=1S/C13H18F3N3O/c1-17-11-5-4-9(8-10(11)13(14,15)16)12(20)18-6-7-19(2)3/h4-5,8,17H,6-7H2,1-3H3,(H,18,20). The van der Waals surface area contributed by atoms with Gasteiger partial charge in [0, 0.05) is 31.4 Å². The van der Waals surface area contributed by atoms with Crippen molar-refractivity contribution in [2.75, 3.05) is 39.5 Å². The van der Waals surface area contributed by atoms with Crippen molar-refractivity contribution < 1.29 is 18.0 Å². The Morgan fingerprint density at radius 3 is 2.45 bits per heavy atom. The van der Waals surface area contributed by atoms with Crippen LogP contribution in [0.15, 0.2) is 18.2 Å². The van der Waals surface area contributed by atoms with Crippen molar-refractivity contribution in [3.63, 3.8) is 0 Å². The molecule has 0 radical (unpaired) electrons. The Morgan fingerprint density at radius 2 is 1.95 bits per heavy atom. The van der Waals surface area contributed by atoms with E-state index in [1.807, 2.05) is 19.0 Å². The summed E-state index contributed by atoms with van der Waals surface area (Å²) < 4.78 is 38.6. The highest BCUT2D eigenvalue weighted by molar-refractivity contribution is 5.95. The third-order valence-corrected chi connectivity index (χ3v) is 2.70. The van der Waals surface area contributed by atoms with Crippen LogP contribution in [0, 0.1) is 0 Å². The number of rotatable bonds is 5. The first-order chi connectivity index (χ1) is 9.25. The zero-order valence-corrected chi connectivity index (χ0v) is 11.6. The number of carbonyl (C=O) groups excluding carboxylic acids is 1. The summed E-state index contributed by atoms with van der Waals surface area (Å²) in [5.74, 6) is -0.514. The summed E-state index contributed by atoms with van der Waals surface area (Å²) in [6.45, 7) is 0.993. The topological polar surface area (TPSA) is 44.4 Å². The van der Waals surface area contributed by atoms with Gasteiger partial charge in [0.15, 0.2) is 0 Å². The molecule has 0 unspecified atom stereocenters. The molecule has 0 saturated carbocycles. The van der Waals surface area contributed by atoms with Crippen molar-refractivity contribution in [1.82, 2.24) is 10.2 Å². The van der Waals surface area contributed by atoms with E-state index in [0.29, 0.717) is 13.1 Å². The van der Waals surface area contributed by atoms with Crippen LogP contribution in [-0.2, 0) is 6.18 Å². The summed E-state index contributed by atoms with van der Waals surface area (Å²) in [5, 5.41) is 5.05. The van der Waals surface area contributed by atoms with Crippen LogP contribution in [-0.4, -0.2) is 45.0 Å². The van der Waals surface area contributed by atoms with Crippen LogP contribution < -0.4 is 10.6 Å². The molecule has 7 heteroatoms. The summed E-state index contributed by atoms with van der Waals surface area (Å²) in [5.41, 5.74) is -0.905. The van der Waals surface area contributed by atoms with Crippen LogP contribution in [0.25, 0.3) is 0 Å². The lowest BCUT2D eigenvalue weighted by molar-refractivity contribution is -0.136. The van der Waals surface area contributed by atoms with Crippen LogP contribution >= 0.6 is 0 Å². The number of hydrogen-bond donors (Lipinski definition) is 2. The molecule has 0 fully saturated rings. The highest BCUT2D eigenvalue weighted by Gasteiger charge is 2.34. The lowest BCUT2D eigenvalue weighted by Gasteiger charge is -2.14. The van der Waals surface area contributed by atoms with E-state index in [-0.39, 0.29) is 11.3 Å². The van der Waals surface area contributed by atoms with Gasteiger partial charge in [-0.2, -0.15) is 13.2 Å². The van der Waals surface area contributed by atoms with Gasteiger partial charge in [-0.1, -0.05) is 0 Å². The van der Waals surface area contributed by atoms with E-state index in [2.05, 4.69) is 10.6 Å². The Morgan fingerprint density at radius 1 is 1.30 bits per heavy atom. The third kappa shape index (κ3) is 4.41. The van der Waals surface area contributed by atoms with Gasteiger partial charge in [0.25, 0.3) is 5.91 Å².